The Kier molecular flexibility index (Phi) is 50.3. The van der Waals surface area contributed by atoms with Crippen LogP contribution in [0.4, 0.5) is 0 Å². The summed E-state index contributed by atoms with van der Waals surface area (Å²) in [5, 5.41) is 159. The van der Waals surface area contributed by atoms with Crippen molar-refractivity contribution in [1.29, 1.82) is 0 Å². The minimum Gasteiger partial charge on any atom is -0.463 e. The standard InChI is InChI=1S/C83H150O33/c1-51(87)36-28-26-34-40-53(108-82-77(103-4)72(98)65(91)58(47-85)113-82)38-30-22-19-15-12-9-13-17-21-25-33-43-56-45-63(89)106-50-60-67(93)69(95)74(100)79(115-60)110-55(44-62(88)105-49-61-68(94)70(96)75(101)80(111-56)116-61)42-32-24-20-16-11-8-6-7-10-14-18-23-31-39-54(109-83-78(104-5)73(99)66(92)59(48-86)114-83)41-35-27-29-37-52(2)107-81-76(102-3)71(97)64(90)57(46-84)112-81/h52-61,64-86,90-101H,6-50H2,1-5H3/t52-,53+,54+,55-,56-,57+,58+,59-,60-,61-,64+,65-,66-,67-,68-,69-,70-,71+,72-,73-,74-,75+,76-,77+,78+,79+,80-,81-,82-,83-/m1/s1. The first kappa shape index (κ1) is 102. The third kappa shape index (κ3) is 34.9. The molecule has 15 N–H and O–H groups in total. The van der Waals surface area contributed by atoms with Crippen molar-refractivity contribution in [3.63, 3.8) is 0 Å². The van der Waals surface area contributed by atoms with Crippen LogP contribution in [0.15, 0.2) is 0 Å². The first-order chi connectivity index (χ1) is 55.9. The molecule has 33 heteroatoms. The van der Waals surface area contributed by atoms with Gasteiger partial charge in [0.2, 0.25) is 0 Å². The fourth-order valence-corrected chi connectivity index (χ4v) is 16.4. The largest absolute Gasteiger partial charge is 0.463 e. The number of Topliss-reactive ketones (excluding diaryl/α,β-unsaturated/α-hetero) is 1. The van der Waals surface area contributed by atoms with Crippen molar-refractivity contribution in [3.05, 3.63) is 0 Å². The topological polar surface area (TPSA) is 493 Å². The minimum atomic E-state index is -1.77. The Morgan fingerprint density at radius 1 is 0.345 bits per heavy atom. The van der Waals surface area contributed by atoms with Gasteiger partial charge in [-0.1, -0.05) is 186 Å². The van der Waals surface area contributed by atoms with Gasteiger partial charge >= 0.3 is 11.9 Å². The number of aliphatic hydroxyl groups excluding tert-OH is 15. The van der Waals surface area contributed by atoms with Crippen LogP contribution >= 0.6 is 0 Å². The molecular formula is C83H150O33. The first-order valence-corrected chi connectivity index (χ1v) is 43.8. The summed E-state index contributed by atoms with van der Waals surface area (Å²) in [6, 6.07) is 0. The number of unbranched alkanes of at least 4 members (excludes halogenated alkanes) is 26. The van der Waals surface area contributed by atoms with Crippen LogP contribution in [-0.2, 0) is 85.4 Å². The summed E-state index contributed by atoms with van der Waals surface area (Å²) in [4.78, 5) is 38.7. The summed E-state index contributed by atoms with van der Waals surface area (Å²) >= 11 is 0. The van der Waals surface area contributed by atoms with Gasteiger partial charge < -0.3 is 152 Å². The van der Waals surface area contributed by atoms with Crippen LogP contribution in [0.25, 0.3) is 0 Å². The molecule has 0 aromatic heterocycles. The van der Waals surface area contributed by atoms with Crippen LogP contribution in [0.2, 0.25) is 0 Å². The number of hydrogen-bond donors (Lipinski definition) is 15. The summed E-state index contributed by atoms with van der Waals surface area (Å²) in [6.07, 6.45) is -3.53. The lowest BCUT2D eigenvalue weighted by molar-refractivity contribution is -0.316. The first-order valence-electron chi connectivity index (χ1n) is 43.8. The quantitative estimate of drug-likeness (QED) is 0.0300. The maximum atomic E-state index is 13.6. The molecule has 680 valence electrons. The maximum Gasteiger partial charge on any atom is 0.308 e. The van der Waals surface area contributed by atoms with Crippen LogP contribution in [0, 0.1) is 0 Å². The highest BCUT2D eigenvalue weighted by Gasteiger charge is 2.51. The van der Waals surface area contributed by atoms with Crippen molar-refractivity contribution < 1.29 is 162 Å². The number of cyclic esters (lactones) is 2. The van der Waals surface area contributed by atoms with Gasteiger partial charge in [-0.05, 0) is 65.2 Å². The zero-order valence-electron chi connectivity index (χ0n) is 69.7. The third-order valence-corrected chi connectivity index (χ3v) is 23.7. The summed E-state index contributed by atoms with van der Waals surface area (Å²) in [6.45, 7) is 0.888. The zero-order chi connectivity index (χ0) is 84.5. The van der Waals surface area contributed by atoms with Crippen molar-refractivity contribution in [2.45, 2.75) is 455 Å². The van der Waals surface area contributed by atoms with Gasteiger partial charge in [0.25, 0.3) is 0 Å². The Bertz CT molecular complexity index is 2570. The average molecular weight is 1680 g/mol. The van der Waals surface area contributed by atoms with Gasteiger partial charge in [-0.25, -0.2) is 0 Å². The molecule has 33 nitrogen and oxygen atoms in total. The fourth-order valence-electron chi connectivity index (χ4n) is 16.4. The van der Waals surface area contributed by atoms with E-state index in [4.69, 9.17) is 71.1 Å². The Hall–Kier alpha value is -2.51. The van der Waals surface area contributed by atoms with Crippen molar-refractivity contribution >= 4 is 17.7 Å². The lowest BCUT2D eigenvalue weighted by atomic mass is 9.98. The normalized spacial score (nSPS) is 35.3. The van der Waals surface area contributed by atoms with Gasteiger partial charge in [0.1, 0.15) is 141 Å². The monoisotopic (exact) mass is 1680 g/mol. The second-order valence-corrected chi connectivity index (χ2v) is 33.1. The number of ketones is 1. The molecule has 6 heterocycles. The van der Waals surface area contributed by atoms with E-state index in [1.807, 2.05) is 6.92 Å². The number of methoxy groups -OCH3 is 3. The van der Waals surface area contributed by atoms with E-state index in [2.05, 4.69) is 0 Å². The smallest absolute Gasteiger partial charge is 0.308 e. The van der Waals surface area contributed by atoms with Gasteiger partial charge in [0.15, 0.2) is 31.5 Å². The lowest BCUT2D eigenvalue weighted by Crippen LogP contribution is -2.60. The van der Waals surface area contributed by atoms with E-state index in [9.17, 15) is 91.0 Å². The molecule has 0 amide bonds. The molecule has 0 aromatic carbocycles. The van der Waals surface area contributed by atoms with Gasteiger partial charge in [-0.15, -0.1) is 0 Å². The molecule has 0 spiro atoms. The average Bonchev–Trinajstić information content (AvgIpc) is 0.833. The Labute approximate surface area is 686 Å². The summed E-state index contributed by atoms with van der Waals surface area (Å²) in [5.41, 5.74) is 0. The van der Waals surface area contributed by atoms with Crippen LogP contribution in [0.1, 0.15) is 271 Å². The van der Waals surface area contributed by atoms with Gasteiger partial charge in [-0.3, -0.25) is 9.59 Å². The highest BCUT2D eigenvalue weighted by molar-refractivity contribution is 5.75. The van der Waals surface area contributed by atoms with Crippen molar-refractivity contribution in [2.24, 2.45) is 0 Å². The van der Waals surface area contributed by atoms with Gasteiger partial charge in [-0.2, -0.15) is 0 Å². The van der Waals surface area contributed by atoms with E-state index >= 15 is 0 Å². The molecule has 6 aliphatic rings. The van der Waals surface area contributed by atoms with Crippen LogP contribution in [-0.4, -0.2) is 333 Å². The van der Waals surface area contributed by atoms with E-state index in [-0.39, 0.29) is 36.9 Å². The molecule has 0 unspecified atom stereocenters. The molecule has 30 atom stereocenters. The van der Waals surface area contributed by atoms with E-state index in [0.717, 1.165) is 199 Å². The lowest BCUT2D eigenvalue weighted by Gasteiger charge is -2.42. The number of rotatable bonds is 54. The number of carbonyl (C=O) groups excluding carboxylic acids is 3. The number of ether oxygens (including phenoxy) is 15. The predicted molar refractivity (Wildman–Crippen MR) is 416 cm³/mol. The van der Waals surface area contributed by atoms with Gasteiger partial charge in [0, 0.05) is 27.8 Å². The van der Waals surface area contributed by atoms with Crippen molar-refractivity contribution in [3.8, 4) is 0 Å². The molecule has 0 radical (unpaired) electrons. The van der Waals surface area contributed by atoms with Crippen LogP contribution in [0.3, 0.4) is 0 Å². The number of esters is 2. The molecule has 0 saturated carbocycles. The number of fused-ring (bicyclic) bond motifs is 4. The highest BCUT2D eigenvalue weighted by Crippen LogP contribution is 2.34. The molecule has 6 fully saturated rings. The molecule has 6 aliphatic heterocycles. The van der Waals surface area contributed by atoms with E-state index in [0.29, 0.717) is 44.9 Å². The van der Waals surface area contributed by atoms with Crippen molar-refractivity contribution in [2.75, 3.05) is 54.4 Å². The number of hydrogen-bond acceptors (Lipinski definition) is 33. The Morgan fingerprint density at radius 2 is 0.629 bits per heavy atom. The number of aliphatic hydroxyl groups is 15. The molecule has 4 bridgehead atoms. The zero-order valence-corrected chi connectivity index (χ0v) is 69.7. The van der Waals surface area contributed by atoms with E-state index < -0.39 is 211 Å². The molecule has 0 aromatic rings. The van der Waals surface area contributed by atoms with Crippen molar-refractivity contribution in [1.82, 2.24) is 0 Å². The highest BCUT2D eigenvalue weighted by atomic mass is 16.8. The molecule has 6 rings (SSSR count). The maximum absolute atomic E-state index is 13.6. The summed E-state index contributed by atoms with van der Waals surface area (Å²) < 4.78 is 88.2. The number of carbonyl (C=O) groups is 3. The molecule has 0 aliphatic carbocycles. The van der Waals surface area contributed by atoms with E-state index in [1.165, 1.54) is 21.3 Å². The molecule has 116 heavy (non-hydrogen) atoms. The molecule has 6 saturated heterocycles. The second kappa shape index (κ2) is 57.1. The second-order valence-electron chi connectivity index (χ2n) is 33.1. The van der Waals surface area contributed by atoms with Crippen LogP contribution < -0.4 is 0 Å². The fraction of sp³-hybridized carbons (Fsp3) is 0.964. The van der Waals surface area contributed by atoms with E-state index in [1.54, 1.807) is 6.92 Å². The Balaban J connectivity index is 0.872. The predicted octanol–water partition coefficient (Wildman–Crippen LogP) is 4.20. The van der Waals surface area contributed by atoms with Crippen LogP contribution in [0.5, 0.6) is 0 Å². The summed E-state index contributed by atoms with van der Waals surface area (Å²) in [5.74, 6) is -1.39. The molecular weight excluding hydrogens is 1520 g/mol. The minimum absolute atomic E-state index is 0.153. The SMILES string of the molecule is CO[C@@H]1[C@H](O[C@@H](CCCCCCCCCCCCC[C@@H]2CC(=O)OC[C@H]3O[C@H](O[C@H](CCCCCCCCCCCCCCC[C@@H](CCCCC[C@@H](C)O[C@@H]4O[C@@H](CO)[C@H](O)[C@H](O)[C@H]4OC)O[C@@H]4O[C@H](CO)[C@@H](O)[C@@H](O)[C@@H]4OC)CC(=O)OC[C@H]4O[C@@H](O2)[C@@H](O)[C@H](O)[C@@H]4O)[C@H](O)[C@H](O)[C@@H]3O)CCCCCC(C)=O)O[C@@H](CO)[C@@H](O)[C@H]1O. The summed E-state index contributed by atoms with van der Waals surface area (Å²) in [7, 11) is 4.21. The third-order valence-electron chi connectivity index (χ3n) is 23.7. The van der Waals surface area contributed by atoms with Gasteiger partial charge in [0.05, 0.1) is 63.2 Å². The Morgan fingerprint density at radius 3 is 0.940 bits per heavy atom.